The number of hydrogen-bond acceptors (Lipinski definition) is 12. The summed E-state index contributed by atoms with van der Waals surface area (Å²) in [5.41, 5.74) is 1.08. The van der Waals surface area contributed by atoms with Crippen LogP contribution in [0.3, 0.4) is 0 Å². The Hall–Kier alpha value is -5.26. The van der Waals surface area contributed by atoms with E-state index in [9.17, 15) is 9.59 Å². The molecule has 44 heavy (non-hydrogen) atoms. The van der Waals surface area contributed by atoms with Crippen molar-refractivity contribution in [3.63, 3.8) is 0 Å². The Bertz CT molecular complexity index is 1510. The van der Waals surface area contributed by atoms with E-state index >= 15 is 0 Å². The number of hydrogen-bond donors (Lipinski definition) is 0. The average molecular weight is 611 g/mol. The Labute approximate surface area is 254 Å². The number of methoxy groups -OCH3 is 8. The molecule has 3 aromatic rings. The summed E-state index contributed by atoms with van der Waals surface area (Å²) in [6, 6.07) is 9.66. The van der Waals surface area contributed by atoms with Crippen LogP contribution in [0.2, 0.25) is 0 Å². The van der Waals surface area contributed by atoms with Crippen molar-refractivity contribution in [2.45, 2.75) is 12.2 Å². The van der Waals surface area contributed by atoms with E-state index in [0.29, 0.717) is 51.4 Å². The van der Waals surface area contributed by atoms with E-state index in [0.717, 1.165) is 0 Å². The highest BCUT2D eigenvalue weighted by molar-refractivity contribution is 6.07. The van der Waals surface area contributed by atoms with Crippen molar-refractivity contribution in [3.05, 3.63) is 59.2 Å². The van der Waals surface area contributed by atoms with Crippen LogP contribution in [0.5, 0.6) is 51.7 Å². The largest absolute Gasteiger partial charge is 0.496 e. The van der Waals surface area contributed by atoms with E-state index in [1.807, 2.05) is 0 Å². The molecule has 0 radical (unpaired) electrons. The third-order valence-electron chi connectivity index (χ3n) is 6.89. The summed E-state index contributed by atoms with van der Waals surface area (Å²) in [4.78, 5) is 27.3. The Morgan fingerprint density at radius 2 is 1.18 bits per heavy atom. The number of fused-ring (bicyclic) bond motifs is 1. The maximum Gasteiger partial charge on any atom is 0.331 e. The Morgan fingerprint density at radius 1 is 0.659 bits per heavy atom. The fraction of sp³-hybridized carbons (Fsp3) is 0.312. The highest BCUT2D eigenvalue weighted by Crippen LogP contribution is 2.47. The van der Waals surface area contributed by atoms with Crippen LogP contribution in [0.15, 0.2) is 42.5 Å². The molecule has 0 unspecified atom stereocenters. The van der Waals surface area contributed by atoms with Crippen molar-refractivity contribution in [1.29, 1.82) is 0 Å². The highest BCUT2D eigenvalue weighted by Gasteiger charge is 2.43. The number of rotatable bonds is 12. The standard InChI is InChI=1S/C32H34O12/c1-35-19-15-20(36-2)27-21(16-19)43-29(18-13-24(39-5)31(42-8)25(14-18)40-6)32(28(27)34)44-26(33)10-9-17-11-22(37-3)30(41-7)23(12-17)38-4/h9-16,29,32H,1-8H3/b10-9+/t29-,32+/m1/s1. The summed E-state index contributed by atoms with van der Waals surface area (Å²) in [5.74, 6) is 1.61. The van der Waals surface area contributed by atoms with E-state index in [1.165, 1.54) is 69.0 Å². The molecule has 0 spiro atoms. The van der Waals surface area contributed by atoms with Crippen LogP contribution >= 0.6 is 0 Å². The summed E-state index contributed by atoms with van der Waals surface area (Å²) in [6.45, 7) is 0. The van der Waals surface area contributed by atoms with Crippen LogP contribution in [0.1, 0.15) is 27.6 Å². The fourth-order valence-corrected chi connectivity index (χ4v) is 4.81. The van der Waals surface area contributed by atoms with Crippen LogP contribution in [-0.2, 0) is 9.53 Å². The molecule has 4 rings (SSSR count). The van der Waals surface area contributed by atoms with Crippen LogP contribution < -0.4 is 42.6 Å². The van der Waals surface area contributed by atoms with Gasteiger partial charge in [0.25, 0.3) is 0 Å². The molecule has 0 aromatic heterocycles. The molecule has 234 valence electrons. The zero-order valence-corrected chi connectivity index (χ0v) is 25.7. The molecule has 12 nitrogen and oxygen atoms in total. The molecule has 1 heterocycles. The molecule has 0 fully saturated rings. The number of carbonyl (C=O) groups is 2. The van der Waals surface area contributed by atoms with Gasteiger partial charge in [0.15, 0.2) is 29.1 Å². The number of Topliss-reactive ketones (excluding diaryl/α,β-unsaturated/α-hetero) is 1. The van der Waals surface area contributed by atoms with Gasteiger partial charge in [0.2, 0.25) is 23.4 Å². The molecule has 0 amide bonds. The molecule has 0 N–H and O–H groups in total. The second kappa shape index (κ2) is 13.8. The van der Waals surface area contributed by atoms with Gasteiger partial charge in [0.1, 0.15) is 22.8 Å². The SMILES string of the molecule is COc1cc(OC)c2c(c1)O[C@H](c1cc(OC)c(OC)c(OC)c1)[C@@H](OC(=O)/C=C/c1cc(OC)c(OC)c(OC)c1)C2=O. The third-order valence-corrected chi connectivity index (χ3v) is 6.89. The second-order valence-corrected chi connectivity index (χ2v) is 9.21. The lowest BCUT2D eigenvalue weighted by Gasteiger charge is -2.33. The number of ketones is 1. The van der Waals surface area contributed by atoms with Crippen LogP contribution in [-0.4, -0.2) is 74.7 Å². The first-order valence-corrected chi connectivity index (χ1v) is 13.2. The van der Waals surface area contributed by atoms with Crippen LogP contribution in [0.4, 0.5) is 0 Å². The fourth-order valence-electron chi connectivity index (χ4n) is 4.81. The number of carbonyl (C=O) groups excluding carboxylic acids is 2. The first kappa shape index (κ1) is 31.7. The van der Waals surface area contributed by atoms with E-state index in [4.69, 9.17) is 47.4 Å². The number of ether oxygens (including phenoxy) is 10. The molecule has 0 saturated carbocycles. The molecule has 0 saturated heterocycles. The first-order chi connectivity index (χ1) is 21.3. The van der Waals surface area contributed by atoms with Gasteiger partial charge in [-0.05, 0) is 35.9 Å². The predicted octanol–water partition coefficient (Wildman–Crippen LogP) is 4.70. The normalized spacial score (nSPS) is 15.5. The maximum atomic E-state index is 14.0. The molecule has 2 atom stereocenters. The highest BCUT2D eigenvalue weighted by atomic mass is 16.6. The van der Waals surface area contributed by atoms with Gasteiger partial charge in [-0.2, -0.15) is 0 Å². The predicted molar refractivity (Wildman–Crippen MR) is 158 cm³/mol. The minimum atomic E-state index is -1.43. The van der Waals surface area contributed by atoms with Gasteiger partial charge in [-0.15, -0.1) is 0 Å². The molecule has 1 aliphatic heterocycles. The van der Waals surface area contributed by atoms with Gasteiger partial charge in [-0.1, -0.05) is 0 Å². The molecule has 0 bridgehead atoms. The summed E-state index contributed by atoms with van der Waals surface area (Å²) in [6.07, 6.45) is 0.138. The van der Waals surface area contributed by atoms with Gasteiger partial charge < -0.3 is 47.4 Å². The lowest BCUT2D eigenvalue weighted by atomic mass is 9.92. The lowest BCUT2D eigenvalue weighted by molar-refractivity contribution is -0.145. The van der Waals surface area contributed by atoms with E-state index in [-0.39, 0.29) is 17.1 Å². The smallest absolute Gasteiger partial charge is 0.331 e. The molecular formula is C32H34O12. The lowest BCUT2D eigenvalue weighted by Crippen LogP contribution is -2.40. The van der Waals surface area contributed by atoms with Gasteiger partial charge >= 0.3 is 5.97 Å². The van der Waals surface area contributed by atoms with E-state index < -0.39 is 24.0 Å². The van der Waals surface area contributed by atoms with Crippen molar-refractivity contribution in [3.8, 4) is 51.7 Å². The van der Waals surface area contributed by atoms with E-state index in [2.05, 4.69) is 0 Å². The number of benzene rings is 3. The summed E-state index contributed by atoms with van der Waals surface area (Å²) in [7, 11) is 11.7. The van der Waals surface area contributed by atoms with Gasteiger partial charge in [0.05, 0.1) is 56.9 Å². The quantitative estimate of drug-likeness (QED) is 0.208. The summed E-state index contributed by atoms with van der Waals surface area (Å²) < 4.78 is 55.5. The van der Waals surface area contributed by atoms with Gasteiger partial charge in [-0.3, -0.25) is 4.79 Å². The maximum absolute atomic E-state index is 14.0. The Morgan fingerprint density at radius 3 is 1.66 bits per heavy atom. The summed E-state index contributed by atoms with van der Waals surface area (Å²) in [5, 5.41) is 0. The van der Waals surface area contributed by atoms with Gasteiger partial charge in [-0.25, -0.2) is 4.79 Å². The van der Waals surface area contributed by atoms with Crippen LogP contribution in [0.25, 0.3) is 6.08 Å². The topological polar surface area (TPSA) is 126 Å². The third kappa shape index (κ3) is 6.10. The van der Waals surface area contributed by atoms with Crippen molar-refractivity contribution < 1.29 is 57.0 Å². The number of esters is 1. The Kier molecular flexibility index (Phi) is 9.94. The molecular weight excluding hydrogens is 576 g/mol. The zero-order chi connectivity index (χ0) is 32.0. The van der Waals surface area contributed by atoms with Crippen molar-refractivity contribution >= 4 is 17.8 Å². The molecule has 1 aliphatic rings. The van der Waals surface area contributed by atoms with Crippen LogP contribution in [0, 0.1) is 0 Å². The van der Waals surface area contributed by atoms with Crippen molar-refractivity contribution in [2.75, 3.05) is 56.9 Å². The van der Waals surface area contributed by atoms with Crippen molar-refractivity contribution in [1.82, 2.24) is 0 Å². The van der Waals surface area contributed by atoms with E-state index in [1.54, 1.807) is 36.4 Å². The minimum absolute atomic E-state index is 0.100. The summed E-state index contributed by atoms with van der Waals surface area (Å²) >= 11 is 0. The first-order valence-electron chi connectivity index (χ1n) is 13.2. The monoisotopic (exact) mass is 610 g/mol. The Balaban J connectivity index is 1.77. The average Bonchev–Trinajstić information content (AvgIpc) is 3.06. The zero-order valence-electron chi connectivity index (χ0n) is 25.7. The molecule has 3 aromatic carbocycles. The van der Waals surface area contributed by atoms with Crippen molar-refractivity contribution in [2.24, 2.45) is 0 Å². The van der Waals surface area contributed by atoms with Gasteiger partial charge in [0, 0.05) is 23.8 Å². The second-order valence-electron chi connectivity index (χ2n) is 9.21. The minimum Gasteiger partial charge on any atom is -0.496 e. The molecule has 12 heteroatoms. The molecule has 0 aliphatic carbocycles.